The number of likely N-dealkylation sites (N-methyl/N-ethyl adjacent to an activating group) is 1. The highest BCUT2D eigenvalue weighted by Crippen LogP contribution is 2.19. The summed E-state index contributed by atoms with van der Waals surface area (Å²) in [7, 11) is 5.90. The van der Waals surface area contributed by atoms with E-state index in [4.69, 9.17) is 18.9 Å². The Morgan fingerprint density at radius 2 is 0.687 bits per heavy atom. The number of carbonyl (C=O) groups is 3. The molecule has 0 aliphatic heterocycles. The molecule has 9 heteroatoms. The van der Waals surface area contributed by atoms with Crippen LogP contribution in [0.4, 0.5) is 0 Å². The van der Waals surface area contributed by atoms with Gasteiger partial charge in [0, 0.05) is 12.8 Å². The smallest absolute Gasteiger partial charge is 0.306 e. The summed E-state index contributed by atoms with van der Waals surface area (Å²) >= 11 is 0. The first kappa shape index (κ1) is 79.7. The Morgan fingerprint density at radius 3 is 1.00 bits per heavy atom. The molecule has 0 bridgehead atoms. The van der Waals surface area contributed by atoms with Crippen LogP contribution in [0.3, 0.4) is 0 Å². The van der Waals surface area contributed by atoms with Crippen LogP contribution in [0.2, 0.25) is 0 Å². The van der Waals surface area contributed by atoms with Crippen molar-refractivity contribution >= 4 is 17.9 Å². The van der Waals surface area contributed by atoms with Gasteiger partial charge in [0.2, 0.25) is 0 Å². The Labute approximate surface area is 513 Å². The molecule has 2 atom stereocenters. The maximum Gasteiger partial charge on any atom is 0.306 e. The van der Waals surface area contributed by atoms with E-state index in [0.717, 1.165) is 57.8 Å². The van der Waals surface area contributed by atoms with Crippen molar-refractivity contribution in [2.45, 2.75) is 334 Å². The molecule has 0 aliphatic rings. The van der Waals surface area contributed by atoms with Crippen LogP contribution in [0.5, 0.6) is 0 Å². The molecule has 0 aromatic carbocycles. The maximum atomic E-state index is 12.8. The van der Waals surface area contributed by atoms with Crippen molar-refractivity contribution in [3.05, 3.63) is 72.9 Å². The molecular formula is C74H133NO8. The minimum absolute atomic E-state index is 0.121. The van der Waals surface area contributed by atoms with Gasteiger partial charge in [0.1, 0.15) is 13.2 Å². The number of carbonyl (C=O) groups excluding carboxylic acids is 3. The van der Waals surface area contributed by atoms with E-state index in [1.165, 1.54) is 231 Å². The van der Waals surface area contributed by atoms with Gasteiger partial charge in [-0.25, -0.2) is 0 Å². The Bertz CT molecular complexity index is 1590. The van der Waals surface area contributed by atoms with Crippen molar-refractivity contribution in [1.82, 2.24) is 0 Å². The minimum Gasteiger partial charge on any atom is -0.545 e. The van der Waals surface area contributed by atoms with Gasteiger partial charge in [0.25, 0.3) is 0 Å². The number of hydrogen-bond donors (Lipinski definition) is 0. The molecule has 83 heavy (non-hydrogen) atoms. The predicted molar refractivity (Wildman–Crippen MR) is 352 cm³/mol. The Morgan fingerprint density at radius 1 is 0.373 bits per heavy atom. The van der Waals surface area contributed by atoms with Gasteiger partial charge in [-0.15, -0.1) is 0 Å². The van der Waals surface area contributed by atoms with Crippen LogP contribution in [-0.2, 0) is 33.3 Å². The van der Waals surface area contributed by atoms with Gasteiger partial charge < -0.3 is 33.3 Å². The van der Waals surface area contributed by atoms with Crippen LogP contribution in [0.1, 0.15) is 322 Å². The molecule has 0 N–H and O–H groups in total. The Kier molecular flexibility index (Phi) is 62.2. The zero-order valence-corrected chi connectivity index (χ0v) is 55.1. The largest absolute Gasteiger partial charge is 0.545 e. The number of ether oxygens (including phenoxy) is 4. The lowest BCUT2D eigenvalue weighted by Gasteiger charge is -2.26. The number of esters is 2. The standard InChI is InChI=1S/C74H133NO8/c1-6-8-10-12-14-16-18-20-22-24-26-27-28-29-30-31-32-33-34-35-36-37-38-39-40-41-42-43-44-45-47-48-50-52-54-56-58-60-62-64-71(76)81-68-70(69-82-74(73(78)79)80-67-66-75(3,4)5)83-72(77)65-63-61-59-57-55-53-51-49-46-25-23-21-19-17-15-13-11-9-7-2/h9,11,15,17,21,23,46,49,53,55,59,61,70,74H,6-8,10,12-14,16,18-20,22,24-45,47-48,50-52,54,56-58,60,62-69H2,1-5H3/b11-9-,17-15-,23-21-,49-46-,55-53-,61-59-. The molecule has 0 heterocycles. The maximum absolute atomic E-state index is 12.8. The minimum atomic E-state index is -1.64. The number of allylic oxidation sites excluding steroid dienone is 12. The molecule has 0 aromatic rings. The van der Waals surface area contributed by atoms with Crippen molar-refractivity contribution in [3.8, 4) is 0 Å². The first-order chi connectivity index (χ1) is 40.6. The van der Waals surface area contributed by atoms with E-state index in [0.29, 0.717) is 17.4 Å². The van der Waals surface area contributed by atoms with Crippen molar-refractivity contribution < 1.29 is 42.9 Å². The van der Waals surface area contributed by atoms with Gasteiger partial charge in [-0.2, -0.15) is 0 Å². The molecule has 0 fully saturated rings. The lowest BCUT2D eigenvalue weighted by atomic mass is 10.0. The van der Waals surface area contributed by atoms with Crippen LogP contribution in [0, 0.1) is 0 Å². The number of aliphatic carboxylic acids is 1. The Hall–Kier alpha value is -3.27. The van der Waals surface area contributed by atoms with Gasteiger partial charge in [0.05, 0.1) is 40.3 Å². The van der Waals surface area contributed by atoms with E-state index in [2.05, 4.69) is 74.6 Å². The van der Waals surface area contributed by atoms with Gasteiger partial charge >= 0.3 is 11.9 Å². The highest BCUT2D eigenvalue weighted by atomic mass is 16.7. The summed E-state index contributed by atoms with van der Waals surface area (Å²) < 4.78 is 22.6. The SMILES string of the molecule is CC/C=C\C/C=C\C/C=C\C/C=C\C/C=C\C/C=C\CCC(=O)OC(COC(=O)CCCCCCCCCCCCCCCCCCCCCCCCCCCCCCCCCCCCCCCCC)COC(OCC[N+](C)(C)C)C(=O)[O-]. The topological polar surface area (TPSA) is 111 Å². The van der Waals surface area contributed by atoms with Gasteiger partial charge in [-0.1, -0.05) is 331 Å². The third kappa shape index (κ3) is 66.1. The fourth-order valence-electron chi connectivity index (χ4n) is 10.2. The molecule has 0 amide bonds. The number of rotatable bonds is 65. The summed E-state index contributed by atoms with van der Waals surface area (Å²) in [5.74, 6) is -2.39. The lowest BCUT2D eigenvalue weighted by molar-refractivity contribution is -0.870. The second kappa shape index (κ2) is 64.7. The van der Waals surface area contributed by atoms with Gasteiger partial charge in [-0.05, 0) is 51.4 Å². The molecule has 482 valence electrons. The molecule has 9 nitrogen and oxygen atoms in total. The average molecular weight is 1160 g/mol. The fourth-order valence-corrected chi connectivity index (χ4v) is 10.2. The summed E-state index contributed by atoms with van der Waals surface area (Å²) in [5.41, 5.74) is 0. The van der Waals surface area contributed by atoms with Crippen LogP contribution < -0.4 is 5.11 Å². The second-order valence-corrected chi connectivity index (χ2v) is 24.8. The van der Waals surface area contributed by atoms with Gasteiger partial charge in [0.15, 0.2) is 12.4 Å². The van der Waals surface area contributed by atoms with Crippen LogP contribution in [0.25, 0.3) is 0 Å². The third-order valence-corrected chi connectivity index (χ3v) is 15.5. The van der Waals surface area contributed by atoms with E-state index in [1.54, 1.807) is 0 Å². The number of hydrogen-bond acceptors (Lipinski definition) is 8. The number of carboxylic acid groups (broad SMARTS) is 1. The van der Waals surface area contributed by atoms with Crippen molar-refractivity contribution in [1.29, 1.82) is 0 Å². The average Bonchev–Trinajstić information content (AvgIpc) is 3.46. The second-order valence-electron chi connectivity index (χ2n) is 24.8. The highest BCUT2D eigenvalue weighted by Gasteiger charge is 2.22. The number of quaternary nitrogens is 1. The Balaban J connectivity index is 4.00. The molecule has 0 rings (SSSR count). The first-order valence-corrected chi connectivity index (χ1v) is 35.1. The van der Waals surface area contributed by atoms with E-state index < -0.39 is 24.3 Å². The van der Waals surface area contributed by atoms with Crippen LogP contribution >= 0.6 is 0 Å². The van der Waals surface area contributed by atoms with Gasteiger partial charge in [-0.3, -0.25) is 9.59 Å². The number of carboxylic acids is 1. The normalized spacial score (nSPS) is 13.1. The molecule has 2 unspecified atom stereocenters. The monoisotopic (exact) mass is 1160 g/mol. The van der Waals surface area contributed by atoms with Crippen molar-refractivity contribution in [3.63, 3.8) is 0 Å². The first-order valence-electron chi connectivity index (χ1n) is 35.1. The zero-order valence-electron chi connectivity index (χ0n) is 55.1. The summed E-state index contributed by atoms with van der Waals surface area (Å²) in [6, 6.07) is 0. The van der Waals surface area contributed by atoms with Crippen LogP contribution in [0.15, 0.2) is 72.9 Å². The number of nitrogens with zero attached hydrogens (tertiary/aromatic N) is 1. The van der Waals surface area contributed by atoms with Crippen LogP contribution in [-0.4, -0.2) is 82.3 Å². The molecule has 0 aromatic heterocycles. The van der Waals surface area contributed by atoms with E-state index in [-0.39, 0.29) is 38.6 Å². The predicted octanol–water partition coefficient (Wildman–Crippen LogP) is 20.4. The summed E-state index contributed by atoms with van der Waals surface area (Å²) in [4.78, 5) is 37.3. The van der Waals surface area contributed by atoms with Crippen molar-refractivity contribution in [2.75, 3.05) is 47.5 Å². The highest BCUT2D eigenvalue weighted by molar-refractivity contribution is 5.70. The van der Waals surface area contributed by atoms with E-state index >= 15 is 0 Å². The fraction of sp³-hybridized carbons (Fsp3) is 0.797. The molecule has 0 saturated carbocycles. The molecular weight excluding hydrogens is 1030 g/mol. The molecule has 0 aliphatic carbocycles. The van der Waals surface area contributed by atoms with E-state index in [9.17, 15) is 19.5 Å². The van der Waals surface area contributed by atoms with E-state index in [1.807, 2.05) is 33.3 Å². The third-order valence-electron chi connectivity index (χ3n) is 15.5. The summed E-state index contributed by atoms with van der Waals surface area (Å²) in [6.45, 7) is 4.58. The molecule has 0 spiro atoms. The van der Waals surface area contributed by atoms with Crippen molar-refractivity contribution in [2.24, 2.45) is 0 Å². The summed E-state index contributed by atoms with van der Waals surface area (Å²) in [6.07, 6.45) is 83.3. The quantitative estimate of drug-likeness (QED) is 0.0195. The molecule has 0 radical (unpaired) electrons. The number of unbranched alkanes of at least 4 members (excludes halogenated alkanes) is 38. The lowest BCUT2D eigenvalue weighted by Crippen LogP contribution is -2.44. The molecule has 0 saturated heterocycles. The summed E-state index contributed by atoms with van der Waals surface area (Å²) in [5, 5.41) is 11.8. The zero-order chi connectivity index (χ0) is 60.5.